The normalized spacial score (nSPS) is 37.1. The van der Waals surface area contributed by atoms with E-state index in [2.05, 4.69) is 17.3 Å². The largest absolute Gasteiger partial charge is 0.335 e. The van der Waals surface area contributed by atoms with Crippen molar-refractivity contribution in [3.8, 4) is 0 Å². The van der Waals surface area contributed by atoms with E-state index >= 15 is 0 Å². The summed E-state index contributed by atoms with van der Waals surface area (Å²) in [7, 11) is 2.19. The lowest BCUT2D eigenvalue weighted by atomic mass is 9.98. The maximum absolute atomic E-state index is 13.0. The Labute approximate surface area is 149 Å². The molecule has 6 heteroatoms. The Kier molecular flexibility index (Phi) is 4.10. The molecule has 3 aliphatic heterocycles. The first-order valence-electron chi connectivity index (χ1n) is 9.46. The molecule has 0 aromatic rings. The number of hydrogen-bond donors (Lipinski definition) is 1. The number of carbonyl (C=O) groups excluding carboxylic acids is 2. The minimum absolute atomic E-state index is 0.0584. The van der Waals surface area contributed by atoms with Crippen molar-refractivity contribution in [2.75, 3.05) is 7.05 Å². The van der Waals surface area contributed by atoms with Crippen molar-refractivity contribution in [2.24, 2.45) is 0 Å². The van der Waals surface area contributed by atoms with E-state index in [0.29, 0.717) is 12.1 Å². The number of imide groups is 1. The summed E-state index contributed by atoms with van der Waals surface area (Å²) < 4.78 is 0. The standard InChI is InChI=1S/C19H28N4O2/c1-12(2)22-16-6-4-5-7-17(16)23(19(22)25)18(24)20-13-10-14-8-9-15(11-13)21(14)3/h4-7,12-17H,8-11H2,1-3H3,(H,20,24). The third kappa shape index (κ3) is 2.67. The predicted octanol–water partition coefficient (Wildman–Crippen LogP) is 2.33. The van der Waals surface area contributed by atoms with Crippen LogP contribution in [0.4, 0.5) is 9.59 Å². The summed E-state index contributed by atoms with van der Waals surface area (Å²) in [6.45, 7) is 3.99. The van der Waals surface area contributed by atoms with Gasteiger partial charge in [-0.15, -0.1) is 0 Å². The second-order valence-electron chi connectivity index (χ2n) is 8.07. The number of piperidine rings is 1. The average molecular weight is 344 g/mol. The lowest BCUT2D eigenvalue weighted by Crippen LogP contribution is -2.54. The molecule has 0 aromatic heterocycles. The van der Waals surface area contributed by atoms with Crippen molar-refractivity contribution in [1.82, 2.24) is 20.0 Å². The van der Waals surface area contributed by atoms with Gasteiger partial charge < -0.3 is 15.1 Å². The second-order valence-corrected chi connectivity index (χ2v) is 8.07. The molecule has 2 bridgehead atoms. The van der Waals surface area contributed by atoms with Crippen LogP contribution in [0.5, 0.6) is 0 Å². The number of rotatable bonds is 2. The smallest absolute Gasteiger partial charge is 0.329 e. The van der Waals surface area contributed by atoms with E-state index in [4.69, 9.17) is 0 Å². The van der Waals surface area contributed by atoms with Crippen molar-refractivity contribution >= 4 is 12.1 Å². The second kappa shape index (κ2) is 6.16. The summed E-state index contributed by atoms with van der Waals surface area (Å²) in [4.78, 5) is 31.5. The topological polar surface area (TPSA) is 55.9 Å². The molecule has 6 nitrogen and oxygen atoms in total. The molecule has 4 amide bonds. The highest BCUT2D eigenvalue weighted by Crippen LogP contribution is 2.35. The number of carbonyl (C=O) groups is 2. The minimum Gasteiger partial charge on any atom is -0.335 e. The maximum atomic E-state index is 13.0. The van der Waals surface area contributed by atoms with E-state index in [9.17, 15) is 9.59 Å². The van der Waals surface area contributed by atoms with Gasteiger partial charge in [-0.3, -0.25) is 0 Å². The van der Waals surface area contributed by atoms with Crippen LogP contribution in [0.15, 0.2) is 24.3 Å². The maximum Gasteiger partial charge on any atom is 0.329 e. The Morgan fingerprint density at radius 1 is 1.12 bits per heavy atom. The Hall–Kier alpha value is -1.82. The monoisotopic (exact) mass is 344 g/mol. The highest BCUT2D eigenvalue weighted by molar-refractivity contribution is 5.97. The van der Waals surface area contributed by atoms with Gasteiger partial charge in [0.15, 0.2) is 0 Å². The molecule has 3 fully saturated rings. The van der Waals surface area contributed by atoms with Crippen molar-refractivity contribution in [1.29, 1.82) is 0 Å². The van der Waals surface area contributed by atoms with Crippen LogP contribution in [0.1, 0.15) is 39.5 Å². The summed E-state index contributed by atoms with van der Waals surface area (Å²) in [6, 6.07) is 0.676. The molecule has 4 aliphatic rings. The molecule has 3 heterocycles. The molecule has 25 heavy (non-hydrogen) atoms. The fourth-order valence-corrected chi connectivity index (χ4v) is 5.02. The van der Waals surface area contributed by atoms with Crippen molar-refractivity contribution < 1.29 is 9.59 Å². The molecule has 1 N–H and O–H groups in total. The van der Waals surface area contributed by atoms with Gasteiger partial charge in [0.05, 0.1) is 12.1 Å². The van der Waals surface area contributed by atoms with Crippen molar-refractivity contribution in [3.05, 3.63) is 24.3 Å². The predicted molar refractivity (Wildman–Crippen MR) is 96.2 cm³/mol. The van der Waals surface area contributed by atoms with Crippen LogP contribution in [0.2, 0.25) is 0 Å². The zero-order valence-electron chi connectivity index (χ0n) is 15.3. The lowest BCUT2D eigenvalue weighted by molar-refractivity contribution is 0.142. The SMILES string of the molecule is CC(C)N1C(=O)N(C(=O)NC2CC3CCC(C2)N3C)C2C=CC=CC21. The Balaban J connectivity index is 1.49. The number of allylic oxidation sites excluding steroid dienone is 2. The Bertz CT molecular complexity index is 615. The third-order valence-electron chi connectivity index (χ3n) is 6.32. The van der Waals surface area contributed by atoms with Crippen LogP contribution in [0.3, 0.4) is 0 Å². The van der Waals surface area contributed by atoms with E-state index in [1.165, 1.54) is 17.7 Å². The molecule has 3 saturated heterocycles. The highest BCUT2D eigenvalue weighted by atomic mass is 16.2. The molecule has 1 aliphatic carbocycles. The van der Waals surface area contributed by atoms with Crippen molar-refractivity contribution in [3.63, 3.8) is 0 Å². The van der Waals surface area contributed by atoms with Crippen molar-refractivity contribution in [2.45, 2.75) is 75.8 Å². The van der Waals surface area contributed by atoms with E-state index in [0.717, 1.165) is 12.8 Å². The molecule has 0 radical (unpaired) electrons. The number of nitrogens with one attached hydrogen (secondary N) is 1. The number of amides is 4. The van der Waals surface area contributed by atoms with Crippen LogP contribution in [0, 0.1) is 0 Å². The van der Waals surface area contributed by atoms with Gasteiger partial charge in [0.25, 0.3) is 0 Å². The summed E-state index contributed by atoms with van der Waals surface area (Å²) in [5.41, 5.74) is 0. The van der Waals surface area contributed by atoms with Gasteiger partial charge in [-0.2, -0.15) is 0 Å². The number of fused-ring (bicyclic) bond motifs is 3. The molecular formula is C19H28N4O2. The molecule has 4 rings (SSSR count). The molecule has 0 spiro atoms. The third-order valence-corrected chi connectivity index (χ3v) is 6.32. The van der Waals surface area contributed by atoms with Gasteiger partial charge in [0.1, 0.15) is 0 Å². The van der Waals surface area contributed by atoms with E-state index in [1.807, 2.05) is 43.1 Å². The van der Waals surface area contributed by atoms with Gasteiger partial charge in [0.2, 0.25) is 0 Å². The first kappa shape index (κ1) is 16.6. The van der Waals surface area contributed by atoms with E-state index < -0.39 is 0 Å². The van der Waals surface area contributed by atoms with Crippen LogP contribution < -0.4 is 5.32 Å². The molecular weight excluding hydrogens is 316 g/mol. The number of nitrogens with zero attached hydrogens (tertiary/aromatic N) is 3. The summed E-state index contributed by atoms with van der Waals surface area (Å²) in [5.74, 6) is 0. The quantitative estimate of drug-likeness (QED) is 0.836. The summed E-state index contributed by atoms with van der Waals surface area (Å²) in [5, 5.41) is 3.16. The molecule has 0 aromatic carbocycles. The molecule has 4 atom stereocenters. The number of hydrogen-bond acceptors (Lipinski definition) is 3. The number of urea groups is 2. The molecule has 4 unspecified atom stereocenters. The molecule has 136 valence electrons. The zero-order chi connectivity index (χ0) is 17.7. The fraction of sp³-hybridized carbons (Fsp3) is 0.684. The fourth-order valence-electron chi connectivity index (χ4n) is 5.02. The summed E-state index contributed by atoms with van der Waals surface area (Å²) in [6.07, 6.45) is 12.3. The first-order valence-corrected chi connectivity index (χ1v) is 9.46. The van der Waals surface area contributed by atoms with E-state index in [1.54, 1.807) is 0 Å². The average Bonchev–Trinajstić information content (AvgIpc) is 2.95. The van der Waals surface area contributed by atoms with Gasteiger partial charge in [0, 0.05) is 24.2 Å². The highest BCUT2D eigenvalue weighted by Gasteiger charge is 2.49. The lowest BCUT2D eigenvalue weighted by Gasteiger charge is -2.37. The van der Waals surface area contributed by atoms with Crippen LogP contribution in [-0.4, -0.2) is 70.1 Å². The molecule has 0 saturated carbocycles. The van der Waals surface area contributed by atoms with Gasteiger partial charge >= 0.3 is 12.1 Å². The van der Waals surface area contributed by atoms with Gasteiger partial charge in [-0.1, -0.05) is 24.3 Å². The summed E-state index contributed by atoms with van der Waals surface area (Å²) >= 11 is 0. The van der Waals surface area contributed by atoms with Gasteiger partial charge in [-0.05, 0) is 46.6 Å². The minimum atomic E-state index is -0.239. The van der Waals surface area contributed by atoms with E-state index in [-0.39, 0.29) is 36.2 Å². The van der Waals surface area contributed by atoms with Crippen LogP contribution in [-0.2, 0) is 0 Å². The van der Waals surface area contributed by atoms with Gasteiger partial charge in [-0.25, -0.2) is 14.5 Å². The van der Waals surface area contributed by atoms with Crippen LogP contribution in [0.25, 0.3) is 0 Å². The van der Waals surface area contributed by atoms with Crippen LogP contribution >= 0.6 is 0 Å². The first-order chi connectivity index (χ1) is 12.0. The zero-order valence-corrected chi connectivity index (χ0v) is 15.3. The Morgan fingerprint density at radius 2 is 1.72 bits per heavy atom. The Morgan fingerprint density at radius 3 is 2.32 bits per heavy atom.